The summed E-state index contributed by atoms with van der Waals surface area (Å²) in [5.74, 6) is 0. The van der Waals surface area contributed by atoms with Crippen LogP contribution in [0.3, 0.4) is 0 Å². The molecule has 0 aromatic carbocycles. The van der Waals surface area contributed by atoms with Crippen molar-refractivity contribution in [2.45, 2.75) is 13.0 Å². The Labute approximate surface area is 102 Å². The molecule has 90 valence electrons. The average Bonchev–Trinajstić information content (AvgIpc) is 2.83. The Bertz CT molecular complexity index is 291. The highest BCUT2D eigenvalue weighted by molar-refractivity contribution is 7.10. The van der Waals surface area contributed by atoms with Gasteiger partial charge in [-0.05, 0) is 18.0 Å². The lowest BCUT2D eigenvalue weighted by Crippen LogP contribution is -2.47. The Hall–Kier alpha value is -0.420. The predicted octanol–water partition coefficient (Wildman–Crippen LogP) is 1.39. The second-order valence-electron chi connectivity index (χ2n) is 4.36. The fourth-order valence-corrected chi connectivity index (χ4v) is 2.88. The first-order valence-electron chi connectivity index (χ1n) is 6.03. The van der Waals surface area contributed by atoms with Crippen LogP contribution in [-0.4, -0.2) is 49.1 Å². The molecule has 1 aromatic heterocycles. The van der Waals surface area contributed by atoms with Gasteiger partial charge in [-0.3, -0.25) is 4.90 Å². The predicted molar refractivity (Wildman–Crippen MR) is 69.8 cm³/mol. The van der Waals surface area contributed by atoms with Gasteiger partial charge in [-0.1, -0.05) is 13.0 Å². The Morgan fingerprint density at radius 3 is 2.56 bits per heavy atom. The Morgan fingerprint density at radius 2 is 2.00 bits per heavy atom. The molecule has 1 aliphatic rings. The minimum atomic E-state index is 0.188. The third kappa shape index (κ3) is 3.04. The summed E-state index contributed by atoms with van der Waals surface area (Å²) in [7, 11) is 0. The number of nitrogens with two attached hydrogens (primary N) is 1. The normalized spacial score (nSPS) is 21.1. The first-order chi connectivity index (χ1) is 7.79. The maximum atomic E-state index is 6.19. The van der Waals surface area contributed by atoms with Crippen LogP contribution >= 0.6 is 11.3 Å². The Kier molecular flexibility index (Phi) is 4.35. The monoisotopic (exact) mass is 239 g/mol. The van der Waals surface area contributed by atoms with E-state index in [1.807, 2.05) is 0 Å². The van der Waals surface area contributed by atoms with Gasteiger partial charge < -0.3 is 10.6 Å². The maximum Gasteiger partial charge on any atom is 0.0519 e. The highest BCUT2D eigenvalue weighted by Crippen LogP contribution is 2.18. The molecule has 0 amide bonds. The molecule has 0 radical (unpaired) electrons. The zero-order valence-electron chi connectivity index (χ0n) is 9.93. The molecule has 16 heavy (non-hydrogen) atoms. The Balaban J connectivity index is 1.78. The smallest absolute Gasteiger partial charge is 0.0519 e. The topological polar surface area (TPSA) is 32.5 Å². The average molecular weight is 239 g/mol. The van der Waals surface area contributed by atoms with E-state index >= 15 is 0 Å². The first-order valence-corrected chi connectivity index (χ1v) is 6.91. The van der Waals surface area contributed by atoms with Crippen LogP contribution in [0.1, 0.15) is 17.8 Å². The number of hydrogen-bond donors (Lipinski definition) is 1. The van der Waals surface area contributed by atoms with Crippen LogP contribution in [-0.2, 0) is 0 Å². The van der Waals surface area contributed by atoms with E-state index in [9.17, 15) is 0 Å². The summed E-state index contributed by atoms with van der Waals surface area (Å²) >= 11 is 1.76. The number of piperazine rings is 1. The molecule has 0 aliphatic carbocycles. The number of rotatable bonds is 4. The number of likely N-dealkylation sites (N-methyl/N-ethyl adjacent to an activating group) is 1. The second-order valence-corrected chi connectivity index (χ2v) is 5.34. The van der Waals surface area contributed by atoms with E-state index in [1.54, 1.807) is 11.3 Å². The van der Waals surface area contributed by atoms with E-state index in [4.69, 9.17) is 5.73 Å². The van der Waals surface area contributed by atoms with E-state index in [-0.39, 0.29) is 6.04 Å². The van der Waals surface area contributed by atoms with Crippen molar-refractivity contribution in [3.8, 4) is 0 Å². The number of thiophene rings is 1. The molecule has 2 heterocycles. The summed E-state index contributed by atoms with van der Waals surface area (Å²) < 4.78 is 0. The Morgan fingerprint density at radius 1 is 1.31 bits per heavy atom. The molecule has 0 spiro atoms. The van der Waals surface area contributed by atoms with Crippen molar-refractivity contribution in [1.29, 1.82) is 0 Å². The van der Waals surface area contributed by atoms with Crippen LogP contribution < -0.4 is 5.73 Å². The van der Waals surface area contributed by atoms with Crippen molar-refractivity contribution in [2.75, 3.05) is 39.3 Å². The SMILES string of the molecule is CCN1CCN(CC(N)c2cccs2)CC1. The molecule has 0 saturated carbocycles. The standard InChI is InChI=1S/C12H21N3S/c1-2-14-5-7-15(8-6-14)10-11(13)12-4-3-9-16-12/h3-4,9,11H,2,5-8,10,13H2,1H3. The summed E-state index contributed by atoms with van der Waals surface area (Å²) in [6, 6.07) is 4.40. The van der Waals surface area contributed by atoms with E-state index in [0.717, 1.165) is 19.6 Å². The van der Waals surface area contributed by atoms with Crippen molar-refractivity contribution in [3.63, 3.8) is 0 Å². The third-order valence-electron chi connectivity index (χ3n) is 3.28. The summed E-state index contributed by atoms with van der Waals surface area (Å²) in [5, 5.41) is 2.10. The van der Waals surface area contributed by atoms with Gasteiger partial charge in [-0.15, -0.1) is 11.3 Å². The van der Waals surface area contributed by atoms with E-state index < -0.39 is 0 Å². The number of hydrogen-bond acceptors (Lipinski definition) is 4. The molecule has 1 aromatic rings. The lowest BCUT2D eigenvalue weighted by molar-refractivity contribution is 0.132. The molecule has 2 N–H and O–H groups in total. The van der Waals surface area contributed by atoms with Gasteiger partial charge >= 0.3 is 0 Å². The minimum absolute atomic E-state index is 0.188. The van der Waals surface area contributed by atoms with Gasteiger partial charge in [0.2, 0.25) is 0 Å². The van der Waals surface area contributed by atoms with Crippen LogP contribution in [0, 0.1) is 0 Å². The molecule has 1 fully saturated rings. The molecular weight excluding hydrogens is 218 g/mol. The summed E-state index contributed by atoms with van der Waals surface area (Å²) in [5.41, 5.74) is 6.19. The van der Waals surface area contributed by atoms with Crippen LogP contribution in [0.4, 0.5) is 0 Å². The van der Waals surface area contributed by atoms with Gasteiger partial charge in [0, 0.05) is 37.6 Å². The summed E-state index contributed by atoms with van der Waals surface area (Å²) in [4.78, 5) is 6.28. The van der Waals surface area contributed by atoms with Gasteiger partial charge in [0.05, 0.1) is 6.04 Å². The zero-order valence-corrected chi connectivity index (χ0v) is 10.7. The molecule has 1 unspecified atom stereocenters. The van der Waals surface area contributed by atoms with Gasteiger partial charge in [0.1, 0.15) is 0 Å². The molecule has 1 aliphatic heterocycles. The molecule has 4 heteroatoms. The fourth-order valence-electron chi connectivity index (χ4n) is 2.16. The van der Waals surface area contributed by atoms with Crippen LogP contribution in [0.2, 0.25) is 0 Å². The van der Waals surface area contributed by atoms with Gasteiger partial charge in [0.15, 0.2) is 0 Å². The van der Waals surface area contributed by atoms with Crippen molar-refractivity contribution >= 4 is 11.3 Å². The molecular formula is C12H21N3S. The molecule has 0 bridgehead atoms. The lowest BCUT2D eigenvalue weighted by Gasteiger charge is -2.35. The number of nitrogens with zero attached hydrogens (tertiary/aromatic N) is 2. The van der Waals surface area contributed by atoms with Crippen molar-refractivity contribution in [1.82, 2.24) is 9.80 Å². The van der Waals surface area contributed by atoms with Crippen LogP contribution in [0.15, 0.2) is 17.5 Å². The molecule has 2 rings (SSSR count). The zero-order chi connectivity index (χ0) is 11.4. The first kappa shape index (κ1) is 12.0. The minimum Gasteiger partial charge on any atom is -0.322 e. The highest BCUT2D eigenvalue weighted by Gasteiger charge is 2.18. The lowest BCUT2D eigenvalue weighted by atomic mass is 10.2. The van der Waals surface area contributed by atoms with Crippen molar-refractivity contribution in [3.05, 3.63) is 22.4 Å². The van der Waals surface area contributed by atoms with Crippen LogP contribution in [0.25, 0.3) is 0 Å². The van der Waals surface area contributed by atoms with Crippen LogP contribution in [0.5, 0.6) is 0 Å². The largest absolute Gasteiger partial charge is 0.322 e. The van der Waals surface area contributed by atoms with E-state index in [1.165, 1.54) is 24.5 Å². The molecule has 1 atom stereocenters. The van der Waals surface area contributed by atoms with Gasteiger partial charge in [-0.2, -0.15) is 0 Å². The molecule has 1 saturated heterocycles. The summed E-state index contributed by atoms with van der Waals surface area (Å²) in [6.45, 7) is 9.09. The van der Waals surface area contributed by atoms with Gasteiger partial charge in [-0.25, -0.2) is 0 Å². The second kappa shape index (κ2) is 5.77. The third-order valence-corrected chi connectivity index (χ3v) is 4.28. The van der Waals surface area contributed by atoms with E-state index in [0.29, 0.717) is 0 Å². The fraction of sp³-hybridized carbons (Fsp3) is 0.667. The molecule has 3 nitrogen and oxygen atoms in total. The van der Waals surface area contributed by atoms with Crippen molar-refractivity contribution in [2.24, 2.45) is 5.73 Å². The van der Waals surface area contributed by atoms with E-state index in [2.05, 4.69) is 34.2 Å². The summed E-state index contributed by atoms with van der Waals surface area (Å²) in [6.07, 6.45) is 0. The maximum absolute atomic E-state index is 6.19. The quantitative estimate of drug-likeness (QED) is 0.862. The van der Waals surface area contributed by atoms with Gasteiger partial charge in [0.25, 0.3) is 0 Å². The highest BCUT2D eigenvalue weighted by atomic mass is 32.1. The van der Waals surface area contributed by atoms with Crippen molar-refractivity contribution < 1.29 is 0 Å².